The van der Waals surface area contributed by atoms with Crippen LogP contribution in [0.2, 0.25) is 0 Å². The summed E-state index contributed by atoms with van der Waals surface area (Å²) in [7, 11) is 1.68. The summed E-state index contributed by atoms with van der Waals surface area (Å²) in [6.45, 7) is 0.761. The molecule has 5 heteroatoms. The predicted molar refractivity (Wildman–Crippen MR) is 81.4 cm³/mol. The number of phenolic OH excluding ortho intramolecular Hbond substituents is 1. The molecule has 2 aromatic rings. The number of amides is 1. The first-order valence-corrected chi connectivity index (χ1v) is 7.07. The minimum atomic E-state index is -0.249. The minimum Gasteiger partial charge on any atom is -0.507 e. The molecule has 0 saturated carbocycles. The Bertz CT molecular complexity index is 686. The Hall–Kier alpha value is -2.69. The van der Waals surface area contributed by atoms with Gasteiger partial charge in [0, 0.05) is 7.05 Å². The van der Waals surface area contributed by atoms with E-state index in [1.807, 2.05) is 24.3 Å². The molecule has 0 radical (unpaired) electrons. The maximum Gasteiger partial charge on any atom is 0.257 e. The fourth-order valence-corrected chi connectivity index (χ4v) is 2.40. The van der Waals surface area contributed by atoms with Crippen molar-refractivity contribution in [2.75, 3.05) is 20.2 Å². The predicted octanol–water partition coefficient (Wildman–Crippen LogP) is 2.30. The summed E-state index contributed by atoms with van der Waals surface area (Å²) in [5.74, 6) is 1.13. The second kappa shape index (κ2) is 5.97. The third-order valence-corrected chi connectivity index (χ3v) is 3.53. The fraction of sp³-hybridized carbons (Fsp3) is 0.235. The largest absolute Gasteiger partial charge is 0.507 e. The van der Waals surface area contributed by atoms with E-state index in [4.69, 9.17) is 9.47 Å². The monoisotopic (exact) mass is 299 g/mol. The first-order valence-electron chi connectivity index (χ1n) is 7.07. The van der Waals surface area contributed by atoms with Crippen molar-refractivity contribution in [1.29, 1.82) is 0 Å². The van der Waals surface area contributed by atoms with Crippen LogP contribution in [0.3, 0.4) is 0 Å². The third-order valence-electron chi connectivity index (χ3n) is 3.53. The van der Waals surface area contributed by atoms with Gasteiger partial charge in [-0.15, -0.1) is 0 Å². The maximum absolute atomic E-state index is 12.4. The van der Waals surface area contributed by atoms with Crippen molar-refractivity contribution in [2.45, 2.75) is 6.10 Å². The molecule has 0 bridgehead atoms. The van der Waals surface area contributed by atoms with Gasteiger partial charge in [0.2, 0.25) is 0 Å². The van der Waals surface area contributed by atoms with Crippen molar-refractivity contribution in [2.24, 2.45) is 0 Å². The first kappa shape index (κ1) is 14.3. The van der Waals surface area contributed by atoms with Gasteiger partial charge in [-0.3, -0.25) is 4.79 Å². The molecule has 0 fully saturated rings. The van der Waals surface area contributed by atoms with E-state index < -0.39 is 0 Å². The average Bonchev–Trinajstić information content (AvgIpc) is 2.54. The van der Waals surface area contributed by atoms with Crippen molar-refractivity contribution in [3.8, 4) is 17.2 Å². The lowest BCUT2D eigenvalue weighted by Gasteiger charge is -2.29. The zero-order valence-corrected chi connectivity index (χ0v) is 12.2. The zero-order chi connectivity index (χ0) is 15.5. The SMILES string of the molecule is CN(C[C@@H]1COc2ccccc2O1)C(=O)c1ccccc1O. The summed E-state index contributed by atoms with van der Waals surface area (Å²) in [5.41, 5.74) is 0.280. The third kappa shape index (κ3) is 2.83. The molecule has 5 nitrogen and oxygen atoms in total. The van der Waals surface area contributed by atoms with Gasteiger partial charge in [0.25, 0.3) is 5.91 Å². The first-order chi connectivity index (χ1) is 10.6. The fourth-order valence-electron chi connectivity index (χ4n) is 2.40. The second-order valence-electron chi connectivity index (χ2n) is 5.20. The number of fused-ring (bicyclic) bond motifs is 1. The van der Waals surface area contributed by atoms with E-state index >= 15 is 0 Å². The molecule has 0 aliphatic carbocycles. The number of benzene rings is 2. The Morgan fingerprint density at radius 2 is 1.86 bits per heavy atom. The highest BCUT2D eigenvalue weighted by atomic mass is 16.6. The second-order valence-corrected chi connectivity index (χ2v) is 5.20. The number of aromatic hydroxyl groups is 1. The molecule has 1 amide bonds. The molecular formula is C17H17NO4. The van der Waals surface area contributed by atoms with Crippen LogP contribution in [-0.4, -0.2) is 42.2 Å². The van der Waals surface area contributed by atoms with Crippen molar-refractivity contribution < 1.29 is 19.4 Å². The van der Waals surface area contributed by atoms with Crippen LogP contribution in [0.25, 0.3) is 0 Å². The van der Waals surface area contributed by atoms with Crippen LogP contribution >= 0.6 is 0 Å². The lowest BCUT2D eigenvalue weighted by atomic mass is 10.1. The number of carbonyl (C=O) groups excluding carboxylic acids is 1. The minimum absolute atomic E-state index is 0.0227. The molecule has 1 aliphatic rings. The van der Waals surface area contributed by atoms with E-state index in [-0.39, 0.29) is 23.3 Å². The normalized spacial score (nSPS) is 16.1. The number of para-hydroxylation sites is 3. The van der Waals surface area contributed by atoms with Gasteiger partial charge in [-0.25, -0.2) is 0 Å². The Balaban J connectivity index is 1.67. The molecule has 2 aromatic carbocycles. The number of carbonyl (C=O) groups is 1. The maximum atomic E-state index is 12.4. The molecule has 1 N–H and O–H groups in total. The number of rotatable bonds is 3. The van der Waals surface area contributed by atoms with E-state index in [2.05, 4.69) is 0 Å². The molecule has 0 saturated heterocycles. The van der Waals surface area contributed by atoms with Crippen LogP contribution < -0.4 is 9.47 Å². The van der Waals surface area contributed by atoms with Crippen LogP contribution in [-0.2, 0) is 0 Å². The van der Waals surface area contributed by atoms with Gasteiger partial charge in [0.15, 0.2) is 17.6 Å². The van der Waals surface area contributed by atoms with Crippen LogP contribution in [0.1, 0.15) is 10.4 Å². The zero-order valence-electron chi connectivity index (χ0n) is 12.2. The molecule has 1 aliphatic heterocycles. The van der Waals surface area contributed by atoms with Gasteiger partial charge in [-0.05, 0) is 24.3 Å². The van der Waals surface area contributed by atoms with Crippen molar-refractivity contribution in [3.05, 3.63) is 54.1 Å². The topological polar surface area (TPSA) is 59.0 Å². The molecule has 114 valence electrons. The van der Waals surface area contributed by atoms with Gasteiger partial charge < -0.3 is 19.5 Å². The molecular weight excluding hydrogens is 282 g/mol. The molecule has 0 spiro atoms. The Morgan fingerprint density at radius 3 is 2.64 bits per heavy atom. The summed E-state index contributed by atoms with van der Waals surface area (Å²) in [6.07, 6.45) is -0.241. The Morgan fingerprint density at radius 1 is 1.18 bits per heavy atom. The average molecular weight is 299 g/mol. The van der Waals surface area contributed by atoms with E-state index in [1.54, 1.807) is 25.2 Å². The summed E-state index contributed by atoms with van der Waals surface area (Å²) >= 11 is 0. The molecule has 1 heterocycles. The standard InChI is InChI=1S/C17H17NO4/c1-18(17(20)13-6-2-3-7-14(13)19)10-12-11-21-15-8-4-5-9-16(15)22-12/h2-9,12,19H,10-11H2,1H3/t12-/m1/s1. The highest BCUT2D eigenvalue weighted by Crippen LogP contribution is 2.31. The van der Waals surface area contributed by atoms with E-state index in [0.717, 1.165) is 0 Å². The number of hydrogen-bond acceptors (Lipinski definition) is 4. The molecule has 22 heavy (non-hydrogen) atoms. The Labute approximate surface area is 128 Å². The lowest BCUT2D eigenvalue weighted by molar-refractivity contribution is 0.0519. The summed E-state index contributed by atoms with van der Waals surface area (Å²) < 4.78 is 11.5. The number of phenols is 1. The molecule has 0 aromatic heterocycles. The lowest BCUT2D eigenvalue weighted by Crippen LogP contribution is -2.41. The van der Waals surface area contributed by atoms with Crippen molar-refractivity contribution in [3.63, 3.8) is 0 Å². The summed E-state index contributed by atoms with van der Waals surface area (Å²) in [6, 6.07) is 13.9. The van der Waals surface area contributed by atoms with Gasteiger partial charge in [0.05, 0.1) is 12.1 Å². The van der Waals surface area contributed by atoms with Crippen LogP contribution in [0.4, 0.5) is 0 Å². The van der Waals surface area contributed by atoms with Gasteiger partial charge in [-0.1, -0.05) is 24.3 Å². The van der Waals surface area contributed by atoms with Gasteiger partial charge >= 0.3 is 0 Å². The highest BCUT2D eigenvalue weighted by molar-refractivity contribution is 5.96. The van der Waals surface area contributed by atoms with Gasteiger partial charge in [-0.2, -0.15) is 0 Å². The smallest absolute Gasteiger partial charge is 0.257 e. The van der Waals surface area contributed by atoms with E-state index in [0.29, 0.717) is 24.7 Å². The van der Waals surface area contributed by atoms with E-state index in [1.165, 1.54) is 11.0 Å². The Kier molecular flexibility index (Phi) is 3.87. The van der Waals surface area contributed by atoms with Crippen LogP contribution in [0.5, 0.6) is 17.2 Å². The highest BCUT2D eigenvalue weighted by Gasteiger charge is 2.24. The number of nitrogens with zero attached hydrogens (tertiary/aromatic N) is 1. The van der Waals surface area contributed by atoms with Crippen molar-refractivity contribution in [1.82, 2.24) is 4.90 Å². The van der Waals surface area contributed by atoms with Crippen LogP contribution in [0, 0.1) is 0 Å². The molecule has 0 unspecified atom stereocenters. The molecule has 3 rings (SSSR count). The number of ether oxygens (including phenoxy) is 2. The summed E-state index contributed by atoms with van der Waals surface area (Å²) in [5, 5.41) is 9.76. The number of hydrogen-bond donors (Lipinski definition) is 1. The molecule has 1 atom stereocenters. The summed E-state index contributed by atoms with van der Waals surface area (Å²) in [4.78, 5) is 13.9. The quantitative estimate of drug-likeness (QED) is 0.945. The van der Waals surface area contributed by atoms with Crippen LogP contribution in [0.15, 0.2) is 48.5 Å². The van der Waals surface area contributed by atoms with Gasteiger partial charge in [0.1, 0.15) is 12.4 Å². The van der Waals surface area contributed by atoms with E-state index in [9.17, 15) is 9.90 Å². The number of likely N-dealkylation sites (N-methyl/N-ethyl adjacent to an activating group) is 1. The van der Waals surface area contributed by atoms with Crippen molar-refractivity contribution >= 4 is 5.91 Å².